The van der Waals surface area contributed by atoms with Gasteiger partial charge in [-0.05, 0) is 64.6 Å². The summed E-state index contributed by atoms with van der Waals surface area (Å²) in [5.74, 6) is 1.44. The number of benzene rings is 3. The Kier molecular flexibility index (Phi) is 9.88. The molecule has 0 saturated heterocycles. The lowest BCUT2D eigenvalue weighted by molar-refractivity contribution is -0.149. The Bertz CT molecular complexity index is 940. The molecular weight excluding hydrogens is 515 g/mol. The van der Waals surface area contributed by atoms with Gasteiger partial charge in [-0.1, -0.05) is 77.2 Å². The molecular formula is C27H29IO4. The number of aryl methyl sites for hydroxylation is 1. The number of carbonyl (C=O) groups is 1. The van der Waals surface area contributed by atoms with Crippen LogP contribution in [0.25, 0.3) is 0 Å². The molecule has 168 valence electrons. The Morgan fingerprint density at radius 3 is 2.22 bits per heavy atom. The van der Waals surface area contributed by atoms with Crippen molar-refractivity contribution in [3.05, 3.63) is 95.6 Å². The number of carbonyl (C=O) groups excluding carboxylic acids is 1. The molecule has 0 aliphatic rings. The highest BCUT2D eigenvalue weighted by molar-refractivity contribution is 14.1. The molecule has 32 heavy (non-hydrogen) atoms. The highest BCUT2D eigenvalue weighted by Crippen LogP contribution is 2.26. The van der Waals surface area contributed by atoms with Crippen molar-refractivity contribution in [1.82, 2.24) is 0 Å². The minimum atomic E-state index is -0.225. The Labute approximate surface area is 204 Å². The maximum atomic E-state index is 12.5. The van der Waals surface area contributed by atoms with Crippen LogP contribution in [0.3, 0.4) is 0 Å². The standard InChI is InChI=1S/C27H29IO4/c1-30-24-16-12-23(13-17-24)26(8-5-19-28)32-27(29)18-11-21-9-14-25(15-10-21)31-20-22-6-3-2-4-7-22/h2-4,6-7,9-10,12-17,26H,5,8,11,18-20H2,1H3/t26-/m0/s1. The van der Waals surface area contributed by atoms with Crippen LogP contribution in [0.1, 0.15) is 42.1 Å². The van der Waals surface area contributed by atoms with Gasteiger partial charge in [-0.2, -0.15) is 0 Å². The number of rotatable bonds is 12. The fourth-order valence-corrected chi connectivity index (χ4v) is 3.77. The first-order valence-electron chi connectivity index (χ1n) is 10.8. The van der Waals surface area contributed by atoms with E-state index >= 15 is 0 Å². The van der Waals surface area contributed by atoms with Crippen molar-refractivity contribution < 1.29 is 19.0 Å². The third-order valence-electron chi connectivity index (χ3n) is 5.15. The Morgan fingerprint density at radius 1 is 0.875 bits per heavy atom. The summed E-state index contributed by atoms with van der Waals surface area (Å²) < 4.78 is 17.9. The SMILES string of the molecule is COc1ccc([C@H](CCCI)OC(=O)CCc2ccc(OCc3ccccc3)cc2)cc1. The molecule has 0 spiro atoms. The molecule has 0 aliphatic heterocycles. The molecule has 0 aliphatic carbocycles. The van der Waals surface area contributed by atoms with Gasteiger partial charge >= 0.3 is 5.97 Å². The van der Waals surface area contributed by atoms with Crippen LogP contribution in [-0.2, 0) is 22.6 Å². The third-order valence-corrected chi connectivity index (χ3v) is 5.91. The summed E-state index contributed by atoms with van der Waals surface area (Å²) in [6.07, 6.45) is 2.57. The molecule has 1 atom stereocenters. The fourth-order valence-electron chi connectivity index (χ4n) is 3.33. The second-order valence-electron chi connectivity index (χ2n) is 7.50. The van der Waals surface area contributed by atoms with Crippen molar-refractivity contribution in [1.29, 1.82) is 0 Å². The highest BCUT2D eigenvalue weighted by Gasteiger charge is 2.17. The molecule has 0 saturated carbocycles. The summed E-state index contributed by atoms with van der Waals surface area (Å²) in [5.41, 5.74) is 3.22. The molecule has 0 aromatic heterocycles. The first-order valence-corrected chi connectivity index (χ1v) is 12.4. The van der Waals surface area contributed by atoms with E-state index in [-0.39, 0.29) is 12.1 Å². The summed E-state index contributed by atoms with van der Waals surface area (Å²) in [5, 5.41) is 0. The fraction of sp³-hybridized carbons (Fsp3) is 0.296. The van der Waals surface area contributed by atoms with Gasteiger partial charge in [0.2, 0.25) is 0 Å². The minimum absolute atomic E-state index is 0.177. The molecule has 0 fully saturated rings. The first kappa shape index (κ1) is 24.1. The number of ether oxygens (including phenoxy) is 3. The van der Waals surface area contributed by atoms with E-state index in [1.165, 1.54) is 0 Å². The summed E-state index contributed by atoms with van der Waals surface area (Å²) in [4.78, 5) is 12.5. The van der Waals surface area contributed by atoms with E-state index in [1.807, 2.05) is 78.9 Å². The predicted molar refractivity (Wildman–Crippen MR) is 135 cm³/mol. The lowest BCUT2D eigenvalue weighted by Gasteiger charge is -2.18. The van der Waals surface area contributed by atoms with E-state index in [0.29, 0.717) is 19.4 Å². The predicted octanol–water partition coefficient (Wildman–Crippen LogP) is 6.71. The Balaban J connectivity index is 1.49. The van der Waals surface area contributed by atoms with Gasteiger partial charge in [-0.15, -0.1) is 0 Å². The number of methoxy groups -OCH3 is 1. The van der Waals surface area contributed by atoms with Crippen molar-refractivity contribution in [3.63, 3.8) is 0 Å². The molecule has 5 heteroatoms. The van der Waals surface area contributed by atoms with Crippen LogP contribution >= 0.6 is 22.6 Å². The zero-order valence-corrected chi connectivity index (χ0v) is 20.5. The maximum Gasteiger partial charge on any atom is 0.306 e. The van der Waals surface area contributed by atoms with Crippen LogP contribution in [0.5, 0.6) is 11.5 Å². The van der Waals surface area contributed by atoms with Gasteiger partial charge in [0.05, 0.1) is 7.11 Å². The molecule has 3 rings (SSSR count). The van der Waals surface area contributed by atoms with Crippen LogP contribution in [0.15, 0.2) is 78.9 Å². The normalized spacial score (nSPS) is 11.6. The van der Waals surface area contributed by atoms with E-state index in [1.54, 1.807) is 7.11 Å². The van der Waals surface area contributed by atoms with E-state index in [0.717, 1.165) is 45.5 Å². The number of hydrogen-bond acceptors (Lipinski definition) is 4. The van der Waals surface area contributed by atoms with Crippen LogP contribution in [0.4, 0.5) is 0 Å². The van der Waals surface area contributed by atoms with Crippen molar-refractivity contribution in [2.24, 2.45) is 0 Å². The molecule has 3 aromatic rings. The monoisotopic (exact) mass is 544 g/mol. The molecule has 0 heterocycles. The molecule has 3 aromatic carbocycles. The smallest absolute Gasteiger partial charge is 0.306 e. The van der Waals surface area contributed by atoms with Gasteiger partial charge in [0.25, 0.3) is 0 Å². The number of halogens is 1. The Morgan fingerprint density at radius 2 is 1.56 bits per heavy atom. The van der Waals surface area contributed by atoms with Gasteiger partial charge in [-0.3, -0.25) is 4.79 Å². The van der Waals surface area contributed by atoms with Crippen LogP contribution < -0.4 is 9.47 Å². The highest BCUT2D eigenvalue weighted by atomic mass is 127. The van der Waals surface area contributed by atoms with Crippen molar-refractivity contribution >= 4 is 28.6 Å². The quantitative estimate of drug-likeness (QED) is 0.145. The van der Waals surface area contributed by atoms with Gasteiger partial charge in [0, 0.05) is 6.42 Å². The van der Waals surface area contributed by atoms with E-state index in [2.05, 4.69) is 22.6 Å². The zero-order chi connectivity index (χ0) is 22.6. The number of esters is 1. The topological polar surface area (TPSA) is 44.8 Å². The summed E-state index contributed by atoms with van der Waals surface area (Å²) in [6.45, 7) is 0.538. The molecule has 0 unspecified atom stereocenters. The van der Waals surface area contributed by atoms with E-state index in [9.17, 15) is 4.79 Å². The molecule has 0 N–H and O–H groups in total. The summed E-state index contributed by atoms with van der Waals surface area (Å²) >= 11 is 2.35. The molecule has 0 amide bonds. The van der Waals surface area contributed by atoms with Crippen molar-refractivity contribution in [2.45, 2.75) is 38.4 Å². The lowest BCUT2D eigenvalue weighted by Crippen LogP contribution is -2.12. The average Bonchev–Trinajstić information content (AvgIpc) is 2.85. The minimum Gasteiger partial charge on any atom is -0.497 e. The second-order valence-corrected chi connectivity index (χ2v) is 8.58. The summed E-state index contributed by atoms with van der Waals surface area (Å²) in [6, 6.07) is 25.7. The molecule has 0 radical (unpaired) electrons. The molecule has 4 nitrogen and oxygen atoms in total. The Hall–Kier alpha value is -2.54. The van der Waals surface area contributed by atoms with Gasteiger partial charge in [0.15, 0.2) is 0 Å². The van der Waals surface area contributed by atoms with Crippen molar-refractivity contribution in [3.8, 4) is 11.5 Å². The largest absolute Gasteiger partial charge is 0.497 e. The first-order chi connectivity index (χ1) is 15.7. The van der Waals surface area contributed by atoms with Crippen LogP contribution in [0, 0.1) is 0 Å². The van der Waals surface area contributed by atoms with Crippen LogP contribution in [-0.4, -0.2) is 17.5 Å². The maximum absolute atomic E-state index is 12.5. The second kappa shape index (κ2) is 13.1. The number of hydrogen-bond donors (Lipinski definition) is 0. The van der Waals surface area contributed by atoms with Gasteiger partial charge in [0.1, 0.15) is 24.2 Å². The number of alkyl halides is 1. The molecule has 0 bridgehead atoms. The average molecular weight is 544 g/mol. The summed E-state index contributed by atoms with van der Waals surface area (Å²) in [7, 11) is 1.64. The van der Waals surface area contributed by atoms with E-state index in [4.69, 9.17) is 14.2 Å². The van der Waals surface area contributed by atoms with Gasteiger partial charge in [-0.25, -0.2) is 0 Å². The third kappa shape index (κ3) is 7.86. The van der Waals surface area contributed by atoms with E-state index < -0.39 is 0 Å². The zero-order valence-electron chi connectivity index (χ0n) is 18.3. The van der Waals surface area contributed by atoms with Gasteiger partial charge < -0.3 is 14.2 Å². The lowest BCUT2D eigenvalue weighted by atomic mass is 10.0. The van der Waals surface area contributed by atoms with Crippen LogP contribution in [0.2, 0.25) is 0 Å². The van der Waals surface area contributed by atoms with Crippen molar-refractivity contribution in [2.75, 3.05) is 11.5 Å².